The first-order valence-electron chi connectivity index (χ1n) is 13.4. The summed E-state index contributed by atoms with van der Waals surface area (Å²) in [4.78, 5) is 5.06. The van der Waals surface area contributed by atoms with Crippen molar-refractivity contribution in [1.82, 2.24) is 14.4 Å². The van der Waals surface area contributed by atoms with Gasteiger partial charge in [-0.3, -0.25) is 9.80 Å². The molecule has 0 spiro atoms. The molecule has 6 heteroatoms. The van der Waals surface area contributed by atoms with Crippen LogP contribution in [0.15, 0.2) is 66.9 Å². The molecule has 0 atom stereocenters. The minimum atomic E-state index is 0.532. The second-order valence-electron chi connectivity index (χ2n) is 10.2. The second-order valence-corrected chi connectivity index (χ2v) is 10.6. The van der Waals surface area contributed by atoms with E-state index in [9.17, 15) is 0 Å². The van der Waals surface area contributed by atoms with Crippen molar-refractivity contribution in [3.8, 4) is 11.1 Å². The summed E-state index contributed by atoms with van der Waals surface area (Å²) in [5.41, 5.74) is 20.8. The maximum Gasteiger partial charge on any atom is 0.0486 e. The number of benzene rings is 3. The van der Waals surface area contributed by atoms with Crippen LogP contribution in [0.25, 0.3) is 22.0 Å². The van der Waals surface area contributed by atoms with Crippen molar-refractivity contribution in [2.24, 2.45) is 11.5 Å². The zero-order valence-electron chi connectivity index (χ0n) is 21.8. The van der Waals surface area contributed by atoms with E-state index in [4.69, 9.17) is 23.1 Å². The summed E-state index contributed by atoms with van der Waals surface area (Å²) in [5.74, 6) is 0. The van der Waals surface area contributed by atoms with Crippen LogP contribution in [0.3, 0.4) is 0 Å². The van der Waals surface area contributed by atoms with Crippen LogP contribution in [0.2, 0.25) is 5.02 Å². The summed E-state index contributed by atoms with van der Waals surface area (Å²) < 4.78 is 2.36. The highest BCUT2D eigenvalue weighted by atomic mass is 35.5. The molecule has 2 heterocycles. The number of nitrogens with zero attached hydrogens (tertiary/aromatic N) is 3. The van der Waals surface area contributed by atoms with Gasteiger partial charge in [-0.25, -0.2) is 0 Å². The Kier molecular flexibility index (Phi) is 8.28. The number of nitrogens with two attached hydrogens (primary N) is 2. The van der Waals surface area contributed by atoms with Crippen LogP contribution < -0.4 is 11.5 Å². The van der Waals surface area contributed by atoms with Crippen molar-refractivity contribution < 1.29 is 0 Å². The molecular formula is C31H38ClN5. The Balaban J connectivity index is 1.35. The molecule has 0 saturated carbocycles. The highest BCUT2D eigenvalue weighted by molar-refractivity contribution is 6.31. The summed E-state index contributed by atoms with van der Waals surface area (Å²) in [5, 5.41) is 2.16. The van der Waals surface area contributed by atoms with Gasteiger partial charge in [0.1, 0.15) is 0 Å². The lowest BCUT2D eigenvalue weighted by Crippen LogP contribution is -2.45. The van der Waals surface area contributed by atoms with Crippen molar-refractivity contribution in [2.45, 2.75) is 39.5 Å². The van der Waals surface area contributed by atoms with Gasteiger partial charge in [-0.05, 0) is 60.3 Å². The SMILES string of the molecule is Cc1ccc(-c2cn(CCCN)c3ccc(CN4CCN(Cc5ccccc5Cl)CC4)cc23)c(CN)c1. The molecular weight excluding hydrogens is 478 g/mol. The molecule has 4 aromatic rings. The van der Waals surface area contributed by atoms with E-state index in [1.807, 2.05) is 12.1 Å². The molecule has 5 rings (SSSR count). The Bertz CT molecular complexity index is 1350. The van der Waals surface area contributed by atoms with E-state index < -0.39 is 0 Å². The topological polar surface area (TPSA) is 63.5 Å². The van der Waals surface area contributed by atoms with E-state index in [1.165, 1.54) is 44.3 Å². The number of aryl methyl sites for hydroxylation is 2. The van der Waals surface area contributed by atoms with Gasteiger partial charge in [-0.2, -0.15) is 0 Å². The molecule has 1 aromatic heterocycles. The van der Waals surface area contributed by atoms with Crippen LogP contribution in [-0.4, -0.2) is 47.1 Å². The highest BCUT2D eigenvalue weighted by Crippen LogP contribution is 2.34. The monoisotopic (exact) mass is 515 g/mol. The minimum Gasteiger partial charge on any atom is -0.347 e. The van der Waals surface area contributed by atoms with E-state index >= 15 is 0 Å². The molecule has 194 valence electrons. The lowest BCUT2D eigenvalue weighted by atomic mass is 9.96. The number of halogens is 1. The standard InChI is InChI=1S/C31H38ClN5/c1-23-7-9-27(26(17-23)19-34)29-22-37(12-4-11-33)31-10-8-24(18-28(29)31)20-35-13-15-36(16-14-35)21-25-5-2-3-6-30(25)32/h2-3,5-10,17-18,22H,4,11-16,19-21,33-34H2,1H3. The van der Waals surface area contributed by atoms with Gasteiger partial charge < -0.3 is 16.0 Å². The van der Waals surface area contributed by atoms with Gasteiger partial charge in [0.2, 0.25) is 0 Å². The fraction of sp³-hybridized carbons (Fsp3) is 0.355. The maximum atomic E-state index is 6.39. The Labute approximate surface area is 225 Å². The van der Waals surface area contributed by atoms with Crippen LogP contribution >= 0.6 is 11.6 Å². The van der Waals surface area contributed by atoms with Crippen molar-refractivity contribution in [3.05, 3.63) is 94.1 Å². The lowest BCUT2D eigenvalue weighted by molar-refractivity contribution is 0.122. The minimum absolute atomic E-state index is 0.532. The van der Waals surface area contributed by atoms with Crippen molar-refractivity contribution in [2.75, 3.05) is 32.7 Å². The third-order valence-corrected chi connectivity index (χ3v) is 7.91. The van der Waals surface area contributed by atoms with E-state index in [-0.39, 0.29) is 0 Å². The molecule has 3 aromatic carbocycles. The molecule has 37 heavy (non-hydrogen) atoms. The molecule has 0 unspecified atom stereocenters. The fourth-order valence-electron chi connectivity index (χ4n) is 5.49. The Morgan fingerprint density at radius 1 is 0.811 bits per heavy atom. The predicted molar refractivity (Wildman–Crippen MR) is 156 cm³/mol. The maximum absolute atomic E-state index is 6.39. The number of fused-ring (bicyclic) bond motifs is 1. The Morgan fingerprint density at radius 2 is 1.57 bits per heavy atom. The number of hydrogen-bond acceptors (Lipinski definition) is 4. The average Bonchev–Trinajstić information content (AvgIpc) is 3.27. The van der Waals surface area contributed by atoms with Crippen molar-refractivity contribution in [1.29, 1.82) is 0 Å². The molecule has 0 bridgehead atoms. The van der Waals surface area contributed by atoms with Gasteiger partial charge in [0, 0.05) is 80.0 Å². The van der Waals surface area contributed by atoms with Crippen LogP contribution in [0.1, 0.15) is 28.7 Å². The zero-order valence-corrected chi connectivity index (χ0v) is 22.6. The number of piperazine rings is 1. The van der Waals surface area contributed by atoms with Gasteiger partial charge in [0.05, 0.1) is 0 Å². The van der Waals surface area contributed by atoms with Crippen LogP contribution in [0.5, 0.6) is 0 Å². The summed E-state index contributed by atoms with van der Waals surface area (Å²) in [6.07, 6.45) is 3.25. The normalized spacial score (nSPS) is 15.0. The van der Waals surface area contributed by atoms with Gasteiger partial charge >= 0.3 is 0 Å². The number of rotatable bonds is 9. The smallest absolute Gasteiger partial charge is 0.0486 e. The first-order chi connectivity index (χ1) is 18.1. The van der Waals surface area contributed by atoms with Gasteiger partial charge in [0.15, 0.2) is 0 Å². The average molecular weight is 516 g/mol. The Hall–Kier alpha value is -2.67. The molecule has 1 aliphatic rings. The molecule has 4 N–H and O–H groups in total. The van der Waals surface area contributed by atoms with Crippen LogP contribution in [0, 0.1) is 6.92 Å². The van der Waals surface area contributed by atoms with Crippen LogP contribution in [0.4, 0.5) is 0 Å². The molecule has 0 aliphatic carbocycles. The van der Waals surface area contributed by atoms with Crippen LogP contribution in [-0.2, 0) is 26.2 Å². The van der Waals surface area contributed by atoms with Gasteiger partial charge in [-0.1, -0.05) is 59.6 Å². The van der Waals surface area contributed by atoms with Gasteiger partial charge in [-0.15, -0.1) is 0 Å². The lowest BCUT2D eigenvalue weighted by Gasteiger charge is -2.35. The predicted octanol–water partition coefficient (Wildman–Crippen LogP) is 5.40. The van der Waals surface area contributed by atoms with Crippen molar-refractivity contribution in [3.63, 3.8) is 0 Å². The third kappa shape index (κ3) is 5.92. The summed E-state index contributed by atoms with van der Waals surface area (Å²) >= 11 is 6.39. The van der Waals surface area contributed by atoms with E-state index in [0.29, 0.717) is 13.1 Å². The highest BCUT2D eigenvalue weighted by Gasteiger charge is 2.19. The first-order valence-corrected chi connectivity index (χ1v) is 13.7. The summed E-state index contributed by atoms with van der Waals surface area (Å²) in [6.45, 7) is 10.4. The summed E-state index contributed by atoms with van der Waals surface area (Å²) in [7, 11) is 0. The summed E-state index contributed by atoms with van der Waals surface area (Å²) in [6, 6.07) is 21.8. The first kappa shape index (κ1) is 26.0. The molecule has 1 saturated heterocycles. The second kappa shape index (κ2) is 11.8. The van der Waals surface area contributed by atoms with E-state index in [1.54, 1.807) is 0 Å². The molecule has 5 nitrogen and oxygen atoms in total. The molecule has 0 amide bonds. The Morgan fingerprint density at radius 3 is 2.30 bits per heavy atom. The number of hydrogen-bond donors (Lipinski definition) is 2. The third-order valence-electron chi connectivity index (χ3n) is 7.54. The quantitative estimate of drug-likeness (QED) is 0.313. The largest absolute Gasteiger partial charge is 0.347 e. The number of aromatic nitrogens is 1. The van der Waals surface area contributed by atoms with Gasteiger partial charge in [0.25, 0.3) is 0 Å². The van der Waals surface area contributed by atoms with Crippen molar-refractivity contribution >= 4 is 22.5 Å². The molecule has 1 aliphatic heterocycles. The van der Waals surface area contributed by atoms with E-state index in [0.717, 1.165) is 57.3 Å². The fourth-order valence-corrected chi connectivity index (χ4v) is 5.68. The van der Waals surface area contributed by atoms with E-state index in [2.05, 4.69) is 76.0 Å². The molecule has 0 radical (unpaired) electrons. The molecule has 1 fully saturated rings. The zero-order chi connectivity index (χ0) is 25.8.